The number of aryl methyl sites for hydroxylation is 1. The topological polar surface area (TPSA) is 81.2 Å². The Hall–Kier alpha value is -3.67. The quantitative estimate of drug-likeness (QED) is 0.516. The smallest absolute Gasteiger partial charge is 0.238 e. The highest BCUT2D eigenvalue weighted by molar-refractivity contribution is 5.91. The van der Waals surface area contributed by atoms with E-state index in [4.69, 9.17) is 8.94 Å². The van der Waals surface area contributed by atoms with Crippen LogP contribution in [0.5, 0.6) is 0 Å². The predicted octanol–water partition coefficient (Wildman–Crippen LogP) is 4.49. The van der Waals surface area contributed by atoms with E-state index in [-0.39, 0.29) is 12.3 Å². The van der Waals surface area contributed by atoms with Gasteiger partial charge in [-0.25, -0.2) is 0 Å². The van der Waals surface area contributed by atoms with E-state index in [9.17, 15) is 4.79 Å². The number of furan rings is 1. The van der Waals surface area contributed by atoms with Crippen molar-refractivity contribution in [3.63, 3.8) is 0 Å². The van der Waals surface area contributed by atoms with Gasteiger partial charge in [0, 0.05) is 18.5 Å². The Kier molecular flexibility index (Phi) is 5.29. The zero-order chi connectivity index (χ0) is 19.2. The van der Waals surface area contributed by atoms with Crippen LogP contribution in [-0.2, 0) is 17.6 Å². The second-order valence-electron chi connectivity index (χ2n) is 6.36. The number of aromatic nitrogens is 2. The molecule has 1 amide bonds. The summed E-state index contributed by atoms with van der Waals surface area (Å²) >= 11 is 0. The Morgan fingerprint density at radius 1 is 0.964 bits per heavy atom. The minimum atomic E-state index is -0.0988. The van der Waals surface area contributed by atoms with Gasteiger partial charge in [-0.15, -0.1) is 0 Å². The monoisotopic (exact) mass is 373 g/mol. The van der Waals surface area contributed by atoms with Crippen LogP contribution in [-0.4, -0.2) is 16.0 Å². The highest BCUT2D eigenvalue weighted by Gasteiger charge is 2.13. The number of anilines is 1. The van der Waals surface area contributed by atoms with Crippen molar-refractivity contribution in [2.24, 2.45) is 0 Å². The molecule has 6 nitrogen and oxygen atoms in total. The summed E-state index contributed by atoms with van der Waals surface area (Å²) in [6.45, 7) is 0. The maximum atomic E-state index is 12.4. The summed E-state index contributed by atoms with van der Waals surface area (Å²) in [5.41, 5.74) is 3.08. The highest BCUT2D eigenvalue weighted by atomic mass is 16.5. The van der Waals surface area contributed by atoms with Gasteiger partial charge in [0.2, 0.25) is 17.6 Å². The molecule has 6 heteroatoms. The number of carbonyl (C=O) groups is 1. The number of hydrogen-bond acceptors (Lipinski definition) is 5. The molecule has 0 saturated carbocycles. The molecule has 2 heterocycles. The zero-order valence-corrected chi connectivity index (χ0v) is 15.2. The van der Waals surface area contributed by atoms with Gasteiger partial charge in [-0.1, -0.05) is 53.7 Å². The van der Waals surface area contributed by atoms with Crippen molar-refractivity contribution in [1.29, 1.82) is 0 Å². The second-order valence-corrected chi connectivity index (χ2v) is 6.36. The molecule has 2 aromatic carbocycles. The normalized spacial score (nSPS) is 10.7. The van der Waals surface area contributed by atoms with Gasteiger partial charge in [-0.05, 0) is 35.7 Å². The molecule has 0 spiro atoms. The number of benzene rings is 2. The largest absolute Gasteiger partial charge is 0.461 e. The molecule has 2 aromatic heterocycles. The Balaban J connectivity index is 1.36. The van der Waals surface area contributed by atoms with Gasteiger partial charge in [0.1, 0.15) is 0 Å². The Morgan fingerprint density at radius 3 is 2.61 bits per heavy atom. The fraction of sp³-hybridized carbons (Fsp3) is 0.136. The third-order valence-corrected chi connectivity index (χ3v) is 4.30. The minimum Gasteiger partial charge on any atom is -0.461 e. The second kappa shape index (κ2) is 8.35. The lowest BCUT2D eigenvalue weighted by Gasteiger charge is -2.11. The first-order valence-corrected chi connectivity index (χ1v) is 9.06. The van der Waals surface area contributed by atoms with Crippen molar-refractivity contribution >= 4 is 11.6 Å². The Bertz CT molecular complexity index is 1040. The molecule has 0 unspecified atom stereocenters. The van der Waals surface area contributed by atoms with Crippen LogP contribution in [0.2, 0.25) is 0 Å². The number of hydrogen-bond donors (Lipinski definition) is 1. The third-order valence-electron chi connectivity index (χ3n) is 4.30. The standard InChI is InChI=1S/C22H19N3O3/c26-20(12-13-21-24-22(25-28-21)19-11-6-14-27-19)23-18-10-5-4-9-17(18)15-16-7-2-1-3-8-16/h1-11,14H,12-13,15H2,(H,23,26). The number of nitrogens with zero attached hydrogens (tertiary/aromatic N) is 2. The SMILES string of the molecule is O=C(CCc1nc(-c2ccco2)no1)Nc1ccccc1Cc1ccccc1. The van der Waals surface area contributed by atoms with E-state index in [2.05, 4.69) is 27.6 Å². The summed E-state index contributed by atoms with van der Waals surface area (Å²) < 4.78 is 10.4. The first-order valence-electron chi connectivity index (χ1n) is 9.06. The van der Waals surface area contributed by atoms with Crippen LogP contribution in [0.25, 0.3) is 11.6 Å². The van der Waals surface area contributed by atoms with Crippen molar-refractivity contribution in [1.82, 2.24) is 10.1 Å². The number of para-hydroxylation sites is 1. The fourth-order valence-electron chi connectivity index (χ4n) is 2.91. The summed E-state index contributed by atoms with van der Waals surface area (Å²) in [6.07, 6.45) is 2.92. The van der Waals surface area contributed by atoms with Crippen LogP contribution in [0.4, 0.5) is 5.69 Å². The molecule has 0 fully saturated rings. The van der Waals surface area contributed by atoms with Crippen molar-refractivity contribution in [2.75, 3.05) is 5.32 Å². The average Bonchev–Trinajstić information content (AvgIpc) is 3.40. The molecule has 0 atom stereocenters. The highest BCUT2D eigenvalue weighted by Crippen LogP contribution is 2.20. The van der Waals surface area contributed by atoms with Gasteiger partial charge in [-0.2, -0.15) is 4.98 Å². The van der Waals surface area contributed by atoms with Crippen LogP contribution in [0.15, 0.2) is 81.9 Å². The van der Waals surface area contributed by atoms with E-state index < -0.39 is 0 Å². The molecule has 0 saturated heterocycles. The van der Waals surface area contributed by atoms with E-state index in [1.165, 1.54) is 5.56 Å². The van der Waals surface area contributed by atoms with Crippen molar-refractivity contribution < 1.29 is 13.7 Å². The molecule has 0 radical (unpaired) electrons. The lowest BCUT2D eigenvalue weighted by atomic mass is 10.0. The number of nitrogens with one attached hydrogen (secondary N) is 1. The summed E-state index contributed by atoms with van der Waals surface area (Å²) in [5.74, 6) is 1.22. The fourth-order valence-corrected chi connectivity index (χ4v) is 2.91. The molecule has 4 aromatic rings. The Morgan fingerprint density at radius 2 is 1.79 bits per heavy atom. The number of carbonyl (C=O) groups excluding carboxylic acids is 1. The van der Waals surface area contributed by atoms with Gasteiger partial charge in [0.05, 0.1) is 6.26 Å². The lowest BCUT2D eigenvalue weighted by Crippen LogP contribution is -2.14. The molecule has 140 valence electrons. The van der Waals surface area contributed by atoms with Crippen LogP contribution >= 0.6 is 0 Å². The molecule has 1 N–H and O–H groups in total. The van der Waals surface area contributed by atoms with Crippen molar-refractivity contribution in [3.8, 4) is 11.6 Å². The van der Waals surface area contributed by atoms with Gasteiger partial charge < -0.3 is 14.3 Å². The summed E-state index contributed by atoms with van der Waals surface area (Å²) in [5, 5.41) is 6.86. The van der Waals surface area contributed by atoms with Gasteiger partial charge >= 0.3 is 0 Å². The van der Waals surface area contributed by atoms with E-state index >= 15 is 0 Å². The number of amides is 1. The van der Waals surface area contributed by atoms with Crippen LogP contribution < -0.4 is 5.32 Å². The summed E-state index contributed by atoms with van der Waals surface area (Å²) in [4.78, 5) is 16.7. The molecule has 4 rings (SSSR count). The molecular formula is C22H19N3O3. The third kappa shape index (κ3) is 4.35. The maximum absolute atomic E-state index is 12.4. The van der Waals surface area contributed by atoms with Crippen LogP contribution in [0.3, 0.4) is 0 Å². The molecule has 0 aliphatic carbocycles. The molecular weight excluding hydrogens is 354 g/mol. The van der Waals surface area contributed by atoms with Gasteiger partial charge in [0.15, 0.2) is 5.76 Å². The van der Waals surface area contributed by atoms with Crippen LogP contribution in [0, 0.1) is 0 Å². The zero-order valence-electron chi connectivity index (χ0n) is 15.2. The number of rotatable bonds is 7. The van der Waals surface area contributed by atoms with E-state index in [1.54, 1.807) is 18.4 Å². The molecule has 0 bridgehead atoms. The summed E-state index contributed by atoms with van der Waals surface area (Å²) in [6, 6.07) is 21.5. The molecule has 28 heavy (non-hydrogen) atoms. The van der Waals surface area contributed by atoms with Gasteiger partial charge in [-0.3, -0.25) is 4.79 Å². The van der Waals surface area contributed by atoms with Crippen molar-refractivity contribution in [3.05, 3.63) is 90.0 Å². The van der Waals surface area contributed by atoms with E-state index in [1.807, 2.05) is 42.5 Å². The minimum absolute atomic E-state index is 0.0988. The van der Waals surface area contributed by atoms with Gasteiger partial charge in [0.25, 0.3) is 0 Å². The van der Waals surface area contributed by atoms with E-state index in [0.29, 0.717) is 23.9 Å². The first-order chi connectivity index (χ1) is 13.8. The Labute approximate surface area is 162 Å². The van der Waals surface area contributed by atoms with Crippen LogP contribution in [0.1, 0.15) is 23.4 Å². The predicted molar refractivity (Wildman–Crippen MR) is 105 cm³/mol. The average molecular weight is 373 g/mol. The maximum Gasteiger partial charge on any atom is 0.238 e. The summed E-state index contributed by atoms with van der Waals surface area (Å²) in [7, 11) is 0. The van der Waals surface area contributed by atoms with Crippen molar-refractivity contribution in [2.45, 2.75) is 19.3 Å². The first kappa shape index (κ1) is 17.7. The molecule has 0 aliphatic rings. The molecule has 0 aliphatic heterocycles. The van der Waals surface area contributed by atoms with E-state index in [0.717, 1.165) is 17.7 Å². The lowest BCUT2D eigenvalue weighted by molar-refractivity contribution is -0.116.